The topological polar surface area (TPSA) is 88.4 Å². The summed E-state index contributed by atoms with van der Waals surface area (Å²) in [6.07, 6.45) is 4.54. The van der Waals surface area contributed by atoms with Gasteiger partial charge in [0.05, 0.1) is 17.5 Å². The van der Waals surface area contributed by atoms with Crippen molar-refractivity contribution in [2.24, 2.45) is 7.05 Å². The number of amides is 1. The highest BCUT2D eigenvalue weighted by Crippen LogP contribution is 2.27. The molecule has 1 amide bonds. The summed E-state index contributed by atoms with van der Waals surface area (Å²) in [5.74, 6) is -0.0471. The van der Waals surface area contributed by atoms with Crippen LogP contribution in [0.5, 0.6) is 0 Å². The first-order chi connectivity index (χ1) is 13.6. The van der Waals surface area contributed by atoms with Crippen LogP contribution in [-0.2, 0) is 23.6 Å². The van der Waals surface area contributed by atoms with Crippen molar-refractivity contribution < 1.29 is 13.2 Å². The van der Waals surface area contributed by atoms with Gasteiger partial charge in [0.25, 0.3) is 5.91 Å². The number of nitrogens with zero attached hydrogens (tertiary/aromatic N) is 5. The number of pyridine rings is 1. The molecular weight excluding hydrogens is 390 g/mol. The molecule has 0 radical (unpaired) electrons. The van der Waals surface area contributed by atoms with Crippen LogP contribution in [-0.4, -0.2) is 64.7 Å². The molecule has 1 aliphatic rings. The van der Waals surface area contributed by atoms with Crippen molar-refractivity contribution in [1.82, 2.24) is 24.0 Å². The highest BCUT2D eigenvalue weighted by atomic mass is 32.2. The van der Waals surface area contributed by atoms with E-state index in [1.54, 1.807) is 24.2 Å². The van der Waals surface area contributed by atoms with Gasteiger partial charge in [0, 0.05) is 62.8 Å². The van der Waals surface area contributed by atoms with Gasteiger partial charge < -0.3 is 4.90 Å². The van der Waals surface area contributed by atoms with Crippen LogP contribution in [0.4, 0.5) is 0 Å². The summed E-state index contributed by atoms with van der Waals surface area (Å²) in [5, 5.41) is 4.40. The van der Waals surface area contributed by atoms with E-state index in [0.717, 1.165) is 35.5 Å². The summed E-state index contributed by atoms with van der Waals surface area (Å²) in [6, 6.07) is 3.63. The number of aryl methyl sites for hydroxylation is 2. The highest BCUT2D eigenvalue weighted by molar-refractivity contribution is 7.88. The van der Waals surface area contributed by atoms with Crippen LogP contribution in [0.25, 0.3) is 0 Å². The van der Waals surface area contributed by atoms with Crippen molar-refractivity contribution in [1.29, 1.82) is 0 Å². The van der Waals surface area contributed by atoms with Crippen LogP contribution in [0.15, 0.2) is 18.3 Å². The Balaban J connectivity index is 1.70. The smallest absolute Gasteiger partial charge is 0.255 e. The Hall–Kier alpha value is -2.26. The van der Waals surface area contributed by atoms with Crippen molar-refractivity contribution >= 4 is 15.9 Å². The standard InChI is InChI=1S/C20H29N5O3S/c1-14-18(15(2)24(4)22-14)13-23(3)20(26)16-8-9-19(21-11-16)17-7-6-10-25(12-17)29(5,27)28/h8-9,11,17H,6-7,10,12-13H2,1-5H3. The average Bonchev–Trinajstić information content (AvgIpc) is 2.93. The van der Waals surface area contributed by atoms with Crippen molar-refractivity contribution in [3.05, 3.63) is 46.5 Å². The molecule has 0 bridgehead atoms. The predicted molar refractivity (Wildman–Crippen MR) is 111 cm³/mol. The molecule has 0 saturated carbocycles. The first-order valence-corrected chi connectivity index (χ1v) is 11.6. The number of carbonyl (C=O) groups excluding carboxylic acids is 1. The Labute approximate surface area is 172 Å². The van der Waals surface area contributed by atoms with Crippen LogP contribution in [0.1, 0.15) is 51.8 Å². The molecule has 9 heteroatoms. The van der Waals surface area contributed by atoms with Gasteiger partial charge in [-0.05, 0) is 38.8 Å². The number of aromatic nitrogens is 3. The molecule has 3 heterocycles. The molecule has 158 valence electrons. The number of sulfonamides is 1. The van der Waals surface area contributed by atoms with Crippen LogP contribution in [0.2, 0.25) is 0 Å². The first-order valence-electron chi connectivity index (χ1n) is 9.73. The zero-order chi connectivity index (χ0) is 21.3. The Morgan fingerprint density at radius 3 is 2.59 bits per heavy atom. The Bertz CT molecular complexity index is 998. The van der Waals surface area contributed by atoms with Crippen molar-refractivity contribution in [3.8, 4) is 0 Å². The Morgan fingerprint density at radius 1 is 1.31 bits per heavy atom. The molecule has 0 spiro atoms. The minimum atomic E-state index is -3.20. The largest absolute Gasteiger partial charge is 0.337 e. The number of piperidine rings is 1. The van der Waals surface area contributed by atoms with Gasteiger partial charge >= 0.3 is 0 Å². The lowest BCUT2D eigenvalue weighted by Crippen LogP contribution is -2.38. The van der Waals surface area contributed by atoms with E-state index in [1.165, 1.54) is 10.6 Å². The second kappa shape index (κ2) is 8.23. The third-order valence-electron chi connectivity index (χ3n) is 5.71. The molecule has 29 heavy (non-hydrogen) atoms. The van der Waals surface area contributed by atoms with E-state index in [1.807, 2.05) is 31.6 Å². The number of hydrogen-bond donors (Lipinski definition) is 0. The SMILES string of the molecule is Cc1nn(C)c(C)c1CN(C)C(=O)c1ccc(C2CCCN(S(C)(=O)=O)C2)nc1. The van der Waals surface area contributed by atoms with Gasteiger partial charge in [-0.15, -0.1) is 0 Å². The lowest BCUT2D eigenvalue weighted by molar-refractivity contribution is 0.0784. The molecule has 2 aromatic heterocycles. The van der Waals surface area contributed by atoms with E-state index < -0.39 is 10.0 Å². The Morgan fingerprint density at radius 2 is 2.03 bits per heavy atom. The molecular formula is C20H29N5O3S. The molecule has 1 unspecified atom stereocenters. The molecule has 1 saturated heterocycles. The van der Waals surface area contributed by atoms with Gasteiger partial charge in [0.15, 0.2) is 0 Å². The summed E-state index contributed by atoms with van der Waals surface area (Å²) in [6.45, 7) is 5.43. The second-order valence-corrected chi connectivity index (χ2v) is 9.85. The average molecular weight is 420 g/mol. The fourth-order valence-electron chi connectivity index (χ4n) is 3.83. The molecule has 1 aliphatic heterocycles. The van der Waals surface area contributed by atoms with Crippen molar-refractivity contribution in [2.75, 3.05) is 26.4 Å². The third-order valence-corrected chi connectivity index (χ3v) is 6.98. The maximum Gasteiger partial charge on any atom is 0.255 e. The minimum absolute atomic E-state index is 0.0565. The quantitative estimate of drug-likeness (QED) is 0.738. The lowest BCUT2D eigenvalue weighted by Gasteiger charge is -2.30. The maximum atomic E-state index is 12.8. The summed E-state index contributed by atoms with van der Waals surface area (Å²) in [5.41, 5.74) is 4.37. The summed E-state index contributed by atoms with van der Waals surface area (Å²) in [7, 11) is 0.470. The van der Waals surface area contributed by atoms with Gasteiger partial charge in [-0.2, -0.15) is 5.10 Å². The third kappa shape index (κ3) is 4.67. The highest BCUT2D eigenvalue weighted by Gasteiger charge is 2.27. The molecule has 0 aromatic carbocycles. The minimum Gasteiger partial charge on any atom is -0.337 e. The van der Waals surface area contributed by atoms with Crippen LogP contribution >= 0.6 is 0 Å². The zero-order valence-electron chi connectivity index (χ0n) is 17.7. The number of hydrogen-bond acceptors (Lipinski definition) is 5. The van der Waals surface area contributed by atoms with E-state index in [4.69, 9.17) is 0 Å². The number of carbonyl (C=O) groups is 1. The molecule has 1 fully saturated rings. The molecule has 3 rings (SSSR count). The Kier molecular flexibility index (Phi) is 6.09. The summed E-state index contributed by atoms with van der Waals surface area (Å²) >= 11 is 0. The van der Waals surface area contributed by atoms with E-state index in [9.17, 15) is 13.2 Å². The molecule has 0 aliphatic carbocycles. The molecule has 0 N–H and O–H groups in total. The van der Waals surface area contributed by atoms with Gasteiger partial charge in [-0.3, -0.25) is 14.5 Å². The maximum absolute atomic E-state index is 12.8. The van der Waals surface area contributed by atoms with Crippen molar-refractivity contribution in [2.45, 2.75) is 39.2 Å². The molecule has 1 atom stereocenters. The zero-order valence-corrected chi connectivity index (χ0v) is 18.5. The van der Waals surface area contributed by atoms with E-state index in [0.29, 0.717) is 25.2 Å². The van der Waals surface area contributed by atoms with Crippen LogP contribution in [0, 0.1) is 13.8 Å². The number of rotatable bonds is 5. The van der Waals surface area contributed by atoms with E-state index >= 15 is 0 Å². The fraction of sp³-hybridized carbons (Fsp3) is 0.550. The molecule has 8 nitrogen and oxygen atoms in total. The summed E-state index contributed by atoms with van der Waals surface area (Å²) < 4.78 is 27.0. The van der Waals surface area contributed by atoms with E-state index in [-0.39, 0.29) is 11.8 Å². The monoisotopic (exact) mass is 419 g/mol. The van der Waals surface area contributed by atoms with Crippen LogP contribution in [0.3, 0.4) is 0 Å². The van der Waals surface area contributed by atoms with Gasteiger partial charge in [-0.1, -0.05) is 0 Å². The normalized spacial score (nSPS) is 18.0. The predicted octanol–water partition coefficient (Wildman–Crippen LogP) is 1.84. The second-order valence-electron chi connectivity index (χ2n) is 7.87. The van der Waals surface area contributed by atoms with Crippen molar-refractivity contribution in [3.63, 3.8) is 0 Å². The van der Waals surface area contributed by atoms with Crippen LogP contribution < -0.4 is 0 Å². The van der Waals surface area contributed by atoms with Gasteiger partial charge in [0.1, 0.15) is 0 Å². The first kappa shape index (κ1) is 21.4. The lowest BCUT2D eigenvalue weighted by atomic mass is 9.95. The van der Waals surface area contributed by atoms with Gasteiger partial charge in [-0.25, -0.2) is 12.7 Å². The van der Waals surface area contributed by atoms with E-state index in [2.05, 4.69) is 10.1 Å². The van der Waals surface area contributed by atoms with Gasteiger partial charge in [0.2, 0.25) is 10.0 Å². The summed E-state index contributed by atoms with van der Waals surface area (Å²) in [4.78, 5) is 19.0. The molecule has 2 aromatic rings. The fourth-order valence-corrected chi connectivity index (χ4v) is 4.75.